The molecule has 11 nitrogen and oxygen atoms in total. The third-order valence-electron chi connectivity index (χ3n) is 3.07. The lowest BCUT2D eigenvalue weighted by Gasteiger charge is -2.12. The number of fused-ring (bicyclic) bond motifs is 1. The zero-order chi connectivity index (χ0) is 15.9. The van der Waals surface area contributed by atoms with E-state index in [0.29, 0.717) is 5.75 Å². The summed E-state index contributed by atoms with van der Waals surface area (Å²) in [4.78, 5) is 23.6. The summed E-state index contributed by atoms with van der Waals surface area (Å²) >= 11 is 1.36. The number of amides is 1. The van der Waals surface area contributed by atoms with E-state index in [1.807, 2.05) is 0 Å². The molecule has 1 fully saturated rings. The molecule has 0 saturated carbocycles. The lowest BCUT2D eigenvalue weighted by molar-refractivity contribution is -0.118. The molecule has 1 amide bonds. The third kappa shape index (κ3) is 2.40. The maximum Gasteiger partial charge on any atom is 0.298 e. The first-order chi connectivity index (χ1) is 10.5. The van der Waals surface area contributed by atoms with Gasteiger partial charge in [-0.3, -0.25) is 9.59 Å². The lowest BCUT2D eigenvalue weighted by atomic mass is 10.4. The first-order valence-electron chi connectivity index (χ1n) is 6.29. The zero-order valence-electron chi connectivity index (χ0n) is 11.2. The van der Waals surface area contributed by atoms with Gasteiger partial charge in [0.1, 0.15) is 12.0 Å². The largest absolute Gasteiger partial charge is 0.393 e. The molecule has 12 heteroatoms. The zero-order valence-corrected chi connectivity index (χ0v) is 12.1. The van der Waals surface area contributed by atoms with Gasteiger partial charge in [0.15, 0.2) is 23.1 Å². The van der Waals surface area contributed by atoms with Crippen molar-refractivity contribution in [2.75, 3.05) is 18.1 Å². The van der Waals surface area contributed by atoms with Crippen LogP contribution in [0, 0.1) is 0 Å². The van der Waals surface area contributed by atoms with E-state index in [1.54, 1.807) is 0 Å². The standard InChI is InChI=1S/C10H13N7O4S/c11-4(19)1-16-8-7(9(12)14-16)13-15-17(10(8)20)5-3-22-6(2-18)21-5/h5-6,18H,1-3H2,(H2,11,19)(H2,12,14). The summed E-state index contributed by atoms with van der Waals surface area (Å²) in [5.74, 6) is -0.242. The number of anilines is 1. The van der Waals surface area contributed by atoms with Gasteiger partial charge >= 0.3 is 0 Å². The molecule has 1 saturated heterocycles. The van der Waals surface area contributed by atoms with Gasteiger partial charge in [0.2, 0.25) is 5.91 Å². The van der Waals surface area contributed by atoms with E-state index in [4.69, 9.17) is 21.3 Å². The van der Waals surface area contributed by atoms with Gasteiger partial charge in [-0.15, -0.1) is 16.9 Å². The molecule has 2 atom stereocenters. The second-order valence-corrected chi connectivity index (χ2v) is 5.77. The molecule has 0 aliphatic carbocycles. The fourth-order valence-electron chi connectivity index (χ4n) is 2.14. The van der Waals surface area contributed by atoms with Crippen molar-refractivity contribution in [1.82, 2.24) is 24.8 Å². The Bertz CT molecular complexity index is 787. The van der Waals surface area contributed by atoms with Crippen LogP contribution in [0.25, 0.3) is 11.0 Å². The van der Waals surface area contributed by atoms with Gasteiger partial charge < -0.3 is 21.3 Å². The number of aliphatic hydroxyl groups excluding tert-OH is 1. The number of rotatable bonds is 4. The van der Waals surface area contributed by atoms with E-state index < -0.39 is 23.1 Å². The quantitative estimate of drug-likeness (QED) is 0.556. The van der Waals surface area contributed by atoms with Gasteiger partial charge in [0.25, 0.3) is 5.56 Å². The first kappa shape index (κ1) is 14.7. The highest BCUT2D eigenvalue weighted by atomic mass is 32.2. The summed E-state index contributed by atoms with van der Waals surface area (Å²) in [6.45, 7) is -0.466. The SMILES string of the molecule is NC(=O)Cn1nc(N)c2nnn(C3CSC(CO)O3)c(=O)c21. The van der Waals surface area contributed by atoms with E-state index in [9.17, 15) is 9.59 Å². The molecular formula is C10H13N7O4S. The number of nitrogens with two attached hydrogens (primary N) is 2. The molecule has 0 spiro atoms. The Morgan fingerprint density at radius 1 is 1.55 bits per heavy atom. The number of aliphatic hydroxyl groups is 1. The van der Waals surface area contributed by atoms with Crippen LogP contribution in [-0.4, -0.2) is 53.6 Å². The van der Waals surface area contributed by atoms with Crippen molar-refractivity contribution in [3.05, 3.63) is 10.4 Å². The van der Waals surface area contributed by atoms with Crippen molar-refractivity contribution in [1.29, 1.82) is 0 Å². The van der Waals surface area contributed by atoms with Gasteiger partial charge in [0.05, 0.1) is 6.61 Å². The molecular weight excluding hydrogens is 314 g/mol. The molecule has 3 rings (SSSR count). The summed E-state index contributed by atoms with van der Waals surface area (Å²) in [6, 6.07) is 0. The highest BCUT2D eigenvalue weighted by Gasteiger charge is 2.30. The van der Waals surface area contributed by atoms with Crippen molar-refractivity contribution in [3.8, 4) is 0 Å². The van der Waals surface area contributed by atoms with Crippen LogP contribution in [0.1, 0.15) is 6.23 Å². The van der Waals surface area contributed by atoms with Crippen molar-refractivity contribution in [2.45, 2.75) is 18.2 Å². The van der Waals surface area contributed by atoms with Gasteiger partial charge in [-0.1, -0.05) is 5.21 Å². The summed E-state index contributed by atoms with van der Waals surface area (Å²) in [5.41, 5.74) is 9.97. The topological polar surface area (TPSA) is 164 Å². The minimum absolute atomic E-state index is 0.0112. The van der Waals surface area contributed by atoms with Crippen LogP contribution >= 0.6 is 11.8 Å². The highest BCUT2D eigenvalue weighted by Crippen LogP contribution is 2.30. The van der Waals surface area contributed by atoms with Crippen molar-refractivity contribution < 1.29 is 14.6 Å². The molecule has 0 aromatic carbocycles. The summed E-state index contributed by atoms with van der Waals surface area (Å²) in [6.07, 6.45) is -0.662. The van der Waals surface area contributed by atoms with Crippen molar-refractivity contribution in [3.63, 3.8) is 0 Å². The van der Waals surface area contributed by atoms with E-state index in [1.165, 1.54) is 11.8 Å². The number of thioether (sulfide) groups is 1. The molecule has 2 aromatic rings. The molecule has 2 unspecified atom stereocenters. The molecule has 2 aromatic heterocycles. The van der Waals surface area contributed by atoms with Gasteiger partial charge in [-0.25, -0.2) is 4.68 Å². The van der Waals surface area contributed by atoms with Gasteiger partial charge in [-0.2, -0.15) is 9.78 Å². The third-order valence-corrected chi connectivity index (χ3v) is 4.18. The van der Waals surface area contributed by atoms with Gasteiger partial charge in [0, 0.05) is 5.75 Å². The monoisotopic (exact) mass is 327 g/mol. The number of carbonyl (C=O) groups is 1. The summed E-state index contributed by atoms with van der Waals surface area (Å²) in [7, 11) is 0. The average molecular weight is 327 g/mol. The van der Waals surface area contributed by atoms with Crippen molar-refractivity contribution >= 4 is 34.5 Å². The molecule has 5 N–H and O–H groups in total. The minimum Gasteiger partial charge on any atom is -0.393 e. The predicted octanol–water partition coefficient (Wildman–Crippen LogP) is -2.36. The van der Waals surface area contributed by atoms with Crippen LogP contribution in [0.5, 0.6) is 0 Å². The molecule has 0 bridgehead atoms. The van der Waals surface area contributed by atoms with Crippen molar-refractivity contribution in [2.24, 2.45) is 5.73 Å². The predicted molar refractivity (Wildman–Crippen MR) is 76.6 cm³/mol. The average Bonchev–Trinajstić information content (AvgIpc) is 3.05. The Morgan fingerprint density at radius 2 is 2.32 bits per heavy atom. The minimum atomic E-state index is -0.667. The maximum absolute atomic E-state index is 12.6. The molecule has 0 radical (unpaired) electrons. The Kier molecular flexibility index (Phi) is 3.72. The van der Waals surface area contributed by atoms with Crippen LogP contribution in [-0.2, 0) is 16.1 Å². The van der Waals surface area contributed by atoms with Crippen LogP contribution in [0.4, 0.5) is 5.82 Å². The van der Waals surface area contributed by atoms with E-state index in [-0.39, 0.29) is 30.0 Å². The Hall–Kier alpha value is -2.18. The smallest absolute Gasteiger partial charge is 0.298 e. The maximum atomic E-state index is 12.6. The lowest BCUT2D eigenvalue weighted by Crippen LogP contribution is -2.32. The number of hydrogen-bond donors (Lipinski definition) is 3. The highest BCUT2D eigenvalue weighted by molar-refractivity contribution is 8.00. The molecule has 118 valence electrons. The Labute approximate surface area is 127 Å². The van der Waals surface area contributed by atoms with Crippen LogP contribution < -0.4 is 17.0 Å². The number of carbonyl (C=O) groups excluding carboxylic acids is 1. The van der Waals surface area contributed by atoms with Gasteiger partial charge in [-0.05, 0) is 0 Å². The fraction of sp³-hybridized carbons (Fsp3) is 0.500. The van der Waals surface area contributed by atoms with Crippen LogP contribution in [0.15, 0.2) is 4.79 Å². The molecule has 22 heavy (non-hydrogen) atoms. The summed E-state index contributed by atoms with van der Waals surface area (Å²) < 4.78 is 7.62. The van der Waals surface area contributed by atoms with E-state index >= 15 is 0 Å². The second kappa shape index (κ2) is 5.55. The number of aromatic nitrogens is 5. The number of primary amides is 1. The van der Waals surface area contributed by atoms with Crippen LogP contribution in [0.3, 0.4) is 0 Å². The molecule has 3 heterocycles. The number of nitrogen functional groups attached to an aromatic ring is 1. The van der Waals surface area contributed by atoms with E-state index in [0.717, 1.165) is 9.36 Å². The fourth-order valence-corrected chi connectivity index (χ4v) is 3.05. The van der Waals surface area contributed by atoms with Crippen LogP contribution in [0.2, 0.25) is 0 Å². The normalized spacial score (nSPS) is 21.5. The Morgan fingerprint density at radius 3 is 2.95 bits per heavy atom. The number of nitrogens with zero attached hydrogens (tertiary/aromatic N) is 5. The van der Waals surface area contributed by atoms with E-state index in [2.05, 4.69) is 15.4 Å². The molecule has 1 aliphatic rings. The second-order valence-electron chi connectivity index (χ2n) is 4.58. The Balaban J connectivity index is 2.08. The number of ether oxygens (including phenoxy) is 1. The summed E-state index contributed by atoms with van der Waals surface area (Å²) in [5, 5.41) is 20.6. The first-order valence-corrected chi connectivity index (χ1v) is 7.34. The number of hydrogen-bond acceptors (Lipinski definition) is 9. The molecule has 1 aliphatic heterocycles.